The third-order valence-electron chi connectivity index (χ3n) is 3.47. The highest BCUT2D eigenvalue weighted by atomic mass is 16.5. The number of imidazole rings is 1. The highest BCUT2D eigenvalue weighted by Crippen LogP contribution is 2.35. The molecule has 0 bridgehead atoms. The number of nitrogens with one attached hydrogen (secondary N) is 1. The number of ether oxygens (including phenoxy) is 1. The number of carbonyl (C=O) groups excluding carboxylic acids is 1. The van der Waals surface area contributed by atoms with Crippen molar-refractivity contribution < 1.29 is 9.53 Å². The number of nitrogens with zero attached hydrogens (tertiary/aromatic N) is 2. The van der Waals surface area contributed by atoms with Crippen molar-refractivity contribution in [3.05, 3.63) is 42.7 Å². The van der Waals surface area contributed by atoms with Gasteiger partial charge >= 0.3 is 0 Å². The molecular formula is C15H12N4O2. The average molecular weight is 280 g/mol. The van der Waals surface area contributed by atoms with Gasteiger partial charge < -0.3 is 15.8 Å². The Morgan fingerprint density at radius 3 is 3.05 bits per heavy atom. The summed E-state index contributed by atoms with van der Waals surface area (Å²) in [7, 11) is 0. The highest BCUT2D eigenvalue weighted by molar-refractivity contribution is 5.96. The van der Waals surface area contributed by atoms with Gasteiger partial charge in [-0.3, -0.25) is 9.36 Å². The van der Waals surface area contributed by atoms with Gasteiger partial charge in [0.05, 0.1) is 28.1 Å². The summed E-state index contributed by atoms with van der Waals surface area (Å²) in [6.45, 7) is 0.0137. The SMILES string of the molecule is Nc1cc2c(cc1-n1cnc3ccccc31)NC(=O)CO2. The third kappa shape index (κ3) is 1.80. The van der Waals surface area contributed by atoms with E-state index in [0.717, 1.165) is 16.7 Å². The van der Waals surface area contributed by atoms with Crippen LogP contribution in [0.25, 0.3) is 16.7 Å². The van der Waals surface area contributed by atoms with Crippen molar-refractivity contribution in [1.82, 2.24) is 9.55 Å². The van der Waals surface area contributed by atoms with Crippen LogP contribution in [0.3, 0.4) is 0 Å². The lowest BCUT2D eigenvalue weighted by Gasteiger charge is -2.20. The Hall–Kier alpha value is -3.02. The van der Waals surface area contributed by atoms with E-state index >= 15 is 0 Å². The van der Waals surface area contributed by atoms with Crippen LogP contribution < -0.4 is 15.8 Å². The molecule has 0 saturated heterocycles. The zero-order valence-electron chi connectivity index (χ0n) is 11.0. The molecule has 104 valence electrons. The fraction of sp³-hybridized carbons (Fsp3) is 0.0667. The van der Waals surface area contributed by atoms with Gasteiger partial charge in [0.2, 0.25) is 0 Å². The van der Waals surface area contributed by atoms with Crippen molar-refractivity contribution in [2.45, 2.75) is 0 Å². The van der Waals surface area contributed by atoms with Crippen molar-refractivity contribution in [1.29, 1.82) is 0 Å². The van der Waals surface area contributed by atoms with Gasteiger partial charge in [-0.1, -0.05) is 12.1 Å². The molecule has 0 atom stereocenters. The van der Waals surface area contributed by atoms with E-state index in [4.69, 9.17) is 10.5 Å². The largest absolute Gasteiger partial charge is 0.482 e. The second-order valence-corrected chi connectivity index (χ2v) is 4.85. The zero-order chi connectivity index (χ0) is 14.4. The molecule has 1 aliphatic rings. The van der Waals surface area contributed by atoms with Gasteiger partial charge in [0.25, 0.3) is 5.91 Å². The maximum absolute atomic E-state index is 11.4. The number of rotatable bonds is 1. The predicted molar refractivity (Wildman–Crippen MR) is 79.6 cm³/mol. The molecule has 1 amide bonds. The molecule has 0 fully saturated rings. The molecule has 3 N–H and O–H groups in total. The Balaban J connectivity index is 1.92. The van der Waals surface area contributed by atoms with Crippen molar-refractivity contribution in [2.24, 2.45) is 0 Å². The van der Waals surface area contributed by atoms with Crippen LogP contribution in [0.2, 0.25) is 0 Å². The first kappa shape index (κ1) is 11.8. The van der Waals surface area contributed by atoms with Crippen LogP contribution in [0.4, 0.5) is 11.4 Å². The van der Waals surface area contributed by atoms with Crippen molar-refractivity contribution >= 4 is 28.3 Å². The first-order valence-electron chi connectivity index (χ1n) is 6.51. The predicted octanol–water partition coefficient (Wildman–Crippen LogP) is 1.94. The Labute approximate surface area is 120 Å². The Kier molecular flexibility index (Phi) is 2.38. The maximum atomic E-state index is 11.4. The van der Waals surface area contributed by atoms with Gasteiger partial charge in [-0.05, 0) is 18.2 Å². The van der Waals surface area contributed by atoms with Crippen LogP contribution >= 0.6 is 0 Å². The number of amides is 1. The van der Waals surface area contributed by atoms with E-state index in [1.807, 2.05) is 28.8 Å². The summed E-state index contributed by atoms with van der Waals surface area (Å²) in [6.07, 6.45) is 1.72. The van der Waals surface area contributed by atoms with E-state index in [9.17, 15) is 4.79 Å². The van der Waals surface area contributed by atoms with E-state index in [2.05, 4.69) is 10.3 Å². The molecule has 6 nitrogen and oxygen atoms in total. The molecule has 1 aliphatic heterocycles. The summed E-state index contributed by atoms with van der Waals surface area (Å²) in [6, 6.07) is 11.3. The number of nitrogens with two attached hydrogens (primary N) is 1. The Morgan fingerprint density at radius 1 is 1.29 bits per heavy atom. The van der Waals surface area contributed by atoms with Crippen molar-refractivity contribution in [3.8, 4) is 11.4 Å². The molecule has 4 rings (SSSR count). The minimum atomic E-state index is -0.172. The van der Waals surface area contributed by atoms with Gasteiger partial charge in [0.1, 0.15) is 12.1 Å². The van der Waals surface area contributed by atoms with Crippen molar-refractivity contribution in [3.63, 3.8) is 0 Å². The number of hydrogen-bond donors (Lipinski definition) is 2. The summed E-state index contributed by atoms with van der Waals surface area (Å²) in [5, 5.41) is 2.78. The van der Waals surface area contributed by atoms with Crippen LogP contribution in [0.5, 0.6) is 5.75 Å². The number of fused-ring (bicyclic) bond motifs is 2. The summed E-state index contributed by atoms with van der Waals surface area (Å²) >= 11 is 0. The van der Waals surface area contributed by atoms with Crippen LogP contribution in [-0.2, 0) is 4.79 Å². The quantitative estimate of drug-likeness (QED) is 0.667. The van der Waals surface area contributed by atoms with Crippen molar-refractivity contribution in [2.75, 3.05) is 17.7 Å². The van der Waals surface area contributed by atoms with E-state index in [0.29, 0.717) is 17.1 Å². The average Bonchev–Trinajstić information content (AvgIpc) is 2.91. The fourth-order valence-corrected chi connectivity index (χ4v) is 2.49. The lowest BCUT2D eigenvalue weighted by Crippen LogP contribution is -2.25. The molecule has 6 heteroatoms. The second kappa shape index (κ2) is 4.24. The summed E-state index contributed by atoms with van der Waals surface area (Å²) in [5.41, 5.74) is 9.89. The number of hydrogen-bond acceptors (Lipinski definition) is 4. The minimum Gasteiger partial charge on any atom is -0.482 e. The lowest BCUT2D eigenvalue weighted by atomic mass is 10.2. The minimum absolute atomic E-state index is 0.0137. The normalized spacial score (nSPS) is 13.6. The first-order chi connectivity index (χ1) is 10.2. The molecule has 21 heavy (non-hydrogen) atoms. The first-order valence-corrected chi connectivity index (χ1v) is 6.51. The lowest BCUT2D eigenvalue weighted by molar-refractivity contribution is -0.118. The van der Waals surface area contributed by atoms with Crippen LogP contribution in [0, 0.1) is 0 Å². The molecule has 0 spiro atoms. The number of aromatic nitrogens is 2. The number of benzene rings is 2. The molecule has 0 aliphatic carbocycles. The number of para-hydroxylation sites is 2. The topological polar surface area (TPSA) is 82.2 Å². The molecular weight excluding hydrogens is 268 g/mol. The molecule has 2 aromatic carbocycles. The van der Waals surface area contributed by atoms with Gasteiger partial charge in [0.15, 0.2) is 6.61 Å². The number of nitrogen functional groups attached to an aromatic ring is 1. The molecule has 0 unspecified atom stereocenters. The standard InChI is InChI=1S/C15H12N4O2/c16-9-5-14-11(18-15(20)7-21-14)6-13(9)19-8-17-10-3-1-2-4-12(10)19/h1-6,8H,7,16H2,(H,18,20). The monoisotopic (exact) mass is 280 g/mol. The third-order valence-corrected chi connectivity index (χ3v) is 3.47. The molecule has 0 saturated carbocycles. The molecule has 3 aromatic rings. The second-order valence-electron chi connectivity index (χ2n) is 4.85. The molecule has 2 heterocycles. The van der Waals surface area contributed by atoms with Gasteiger partial charge in [-0.2, -0.15) is 0 Å². The summed E-state index contributed by atoms with van der Waals surface area (Å²) in [4.78, 5) is 15.8. The summed E-state index contributed by atoms with van der Waals surface area (Å²) in [5.74, 6) is 0.411. The number of carbonyl (C=O) groups is 1. The van der Waals surface area contributed by atoms with Gasteiger partial charge in [0, 0.05) is 6.07 Å². The van der Waals surface area contributed by atoms with Gasteiger partial charge in [-0.15, -0.1) is 0 Å². The smallest absolute Gasteiger partial charge is 0.262 e. The highest BCUT2D eigenvalue weighted by Gasteiger charge is 2.19. The Morgan fingerprint density at radius 2 is 2.14 bits per heavy atom. The van der Waals surface area contributed by atoms with E-state index < -0.39 is 0 Å². The van der Waals surface area contributed by atoms with Crippen LogP contribution in [0.1, 0.15) is 0 Å². The maximum Gasteiger partial charge on any atom is 0.262 e. The molecule has 1 aromatic heterocycles. The van der Waals surface area contributed by atoms with E-state index in [1.165, 1.54) is 0 Å². The van der Waals surface area contributed by atoms with E-state index in [-0.39, 0.29) is 12.5 Å². The number of anilines is 2. The fourth-order valence-electron chi connectivity index (χ4n) is 2.49. The van der Waals surface area contributed by atoms with Gasteiger partial charge in [-0.25, -0.2) is 4.98 Å². The summed E-state index contributed by atoms with van der Waals surface area (Å²) < 4.78 is 7.25. The zero-order valence-corrected chi connectivity index (χ0v) is 11.0. The van der Waals surface area contributed by atoms with Crippen LogP contribution in [-0.4, -0.2) is 22.1 Å². The van der Waals surface area contributed by atoms with E-state index in [1.54, 1.807) is 18.5 Å². The molecule has 0 radical (unpaired) electrons. The Bertz CT molecular complexity index is 869. The van der Waals surface area contributed by atoms with Crippen LogP contribution in [0.15, 0.2) is 42.7 Å².